The normalized spacial score (nSPS) is 10.7. The number of unbranched alkanes of at least 4 members (excludes halogenated alkanes) is 1. The van der Waals surface area contributed by atoms with E-state index in [9.17, 15) is 4.79 Å². The minimum atomic E-state index is 0.208. The monoisotopic (exact) mass is 219 g/mol. The molecule has 3 heteroatoms. The highest BCUT2D eigenvalue weighted by Crippen LogP contribution is 2.20. The van der Waals surface area contributed by atoms with E-state index >= 15 is 0 Å². The summed E-state index contributed by atoms with van der Waals surface area (Å²) in [5, 5.41) is 2.00. The van der Waals surface area contributed by atoms with Gasteiger partial charge in [0.05, 0.1) is 10.2 Å². The van der Waals surface area contributed by atoms with Crippen molar-refractivity contribution in [2.45, 2.75) is 26.2 Å². The van der Waals surface area contributed by atoms with Crippen LogP contribution in [0.3, 0.4) is 0 Å². The zero-order chi connectivity index (χ0) is 10.7. The fraction of sp³-hybridized carbons (Fsp3) is 0.333. The second kappa shape index (κ2) is 4.53. The van der Waals surface area contributed by atoms with E-state index in [1.165, 1.54) is 0 Å². The predicted octanol–water partition coefficient (Wildman–Crippen LogP) is 3.67. The number of Topliss-reactive ketones (excluding diaryl/α,β-unsaturated/α-hetero) is 1. The van der Waals surface area contributed by atoms with E-state index in [0.29, 0.717) is 6.42 Å². The van der Waals surface area contributed by atoms with E-state index in [2.05, 4.69) is 11.9 Å². The van der Waals surface area contributed by atoms with Gasteiger partial charge >= 0.3 is 0 Å². The number of aromatic nitrogens is 1. The minimum Gasteiger partial charge on any atom is -0.294 e. The van der Waals surface area contributed by atoms with Crippen molar-refractivity contribution in [3.05, 3.63) is 29.3 Å². The number of carbonyl (C=O) groups is 1. The molecule has 0 saturated heterocycles. The number of thiophene rings is 1. The molecule has 0 aliphatic carbocycles. The first-order valence-electron chi connectivity index (χ1n) is 5.17. The Hall–Kier alpha value is -1.22. The van der Waals surface area contributed by atoms with E-state index in [1.54, 1.807) is 17.5 Å². The molecule has 0 unspecified atom stereocenters. The topological polar surface area (TPSA) is 30.0 Å². The molecule has 2 aromatic rings. The Labute approximate surface area is 93.0 Å². The van der Waals surface area contributed by atoms with Gasteiger partial charge in [-0.25, -0.2) is 0 Å². The van der Waals surface area contributed by atoms with Gasteiger partial charge in [-0.05, 0) is 23.9 Å². The summed E-state index contributed by atoms with van der Waals surface area (Å²) in [7, 11) is 0. The Balaban J connectivity index is 2.23. The number of hydrogen-bond acceptors (Lipinski definition) is 3. The summed E-state index contributed by atoms with van der Waals surface area (Å²) < 4.78 is 1.09. The molecule has 0 radical (unpaired) electrons. The second-order valence-electron chi connectivity index (χ2n) is 3.55. The Morgan fingerprint density at radius 3 is 3.20 bits per heavy atom. The maximum absolute atomic E-state index is 11.7. The average Bonchev–Trinajstić information content (AvgIpc) is 2.72. The van der Waals surface area contributed by atoms with Gasteiger partial charge in [0.25, 0.3) is 0 Å². The van der Waals surface area contributed by atoms with E-state index in [4.69, 9.17) is 0 Å². The van der Waals surface area contributed by atoms with Crippen LogP contribution in [0.2, 0.25) is 0 Å². The van der Waals surface area contributed by atoms with Crippen LogP contribution in [0.25, 0.3) is 10.2 Å². The van der Waals surface area contributed by atoms with Crippen LogP contribution in [0.15, 0.2) is 23.7 Å². The fourth-order valence-electron chi connectivity index (χ4n) is 1.48. The third-order valence-corrected chi connectivity index (χ3v) is 3.24. The van der Waals surface area contributed by atoms with Crippen molar-refractivity contribution in [1.29, 1.82) is 0 Å². The lowest BCUT2D eigenvalue weighted by atomic mass is 10.1. The second-order valence-corrected chi connectivity index (χ2v) is 4.50. The minimum absolute atomic E-state index is 0.208. The van der Waals surface area contributed by atoms with Gasteiger partial charge in [-0.3, -0.25) is 9.78 Å². The van der Waals surface area contributed by atoms with Gasteiger partial charge in [-0.2, -0.15) is 0 Å². The van der Waals surface area contributed by atoms with Crippen molar-refractivity contribution in [2.75, 3.05) is 0 Å². The number of rotatable bonds is 4. The first kappa shape index (κ1) is 10.3. The van der Waals surface area contributed by atoms with Crippen LogP contribution >= 0.6 is 11.3 Å². The summed E-state index contributed by atoms with van der Waals surface area (Å²) in [6.07, 6.45) is 4.34. The van der Waals surface area contributed by atoms with Gasteiger partial charge in [0.15, 0.2) is 5.78 Å². The van der Waals surface area contributed by atoms with Crippen LogP contribution in [0.1, 0.15) is 36.5 Å². The number of pyridine rings is 1. The molecule has 0 N–H and O–H groups in total. The molecule has 2 aromatic heterocycles. The van der Waals surface area contributed by atoms with Gasteiger partial charge < -0.3 is 0 Å². The Morgan fingerprint density at radius 2 is 2.40 bits per heavy atom. The number of hydrogen-bond donors (Lipinski definition) is 0. The van der Waals surface area contributed by atoms with Crippen LogP contribution in [0.5, 0.6) is 0 Å². The van der Waals surface area contributed by atoms with Gasteiger partial charge in [0.2, 0.25) is 0 Å². The lowest BCUT2D eigenvalue weighted by Gasteiger charge is -1.99. The maximum Gasteiger partial charge on any atom is 0.164 e. The first-order chi connectivity index (χ1) is 7.31. The van der Waals surface area contributed by atoms with Crippen molar-refractivity contribution in [3.8, 4) is 0 Å². The molecular formula is C12H13NOS. The van der Waals surface area contributed by atoms with E-state index in [1.807, 2.05) is 17.5 Å². The number of ketones is 1. The molecule has 0 aliphatic rings. The van der Waals surface area contributed by atoms with E-state index < -0.39 is 0 Å². The molecule has 0 atom stereocenters. The van der Waals surface area contributed by atoms with Gasteiger partial charge in [-0.15, -0.1) is 11.3 Å². The SMILES string of the molecule is CCCCC(=O)c1cnc2ccsc2c1. The summed E-state index contributed by atoms with van der Waals surface area (Å²) in [6, 6.07) is 3.92. The summed E-state index contributed by atoms with van der Waals surface area (Å²) in [6.45, 7) is 2.09. The molecule has 0 spiro atoms. The zero-order valence-corrected chi connectivity index (χ0v) is 9.51. The molecule has 2 heterocycles. The summed E-state index contributed by atoms with van der Waals surface area (Å²) in [5.74, 6) is 0.208. The average molecular weight is 219 g/mol. The van der Waals surface area contributed by atoms with Crippen LogP contribution in [-0.2, 0) is 0 Å². The Bertz CT molecular complexity index is 475. The number of fused-ring (bicyclic) bond motifs is 1. The molecule has 78 valence electrons. The molecule has 2 nitrogen and oxygen atoms in total. The van der Waals surface area contributed by atoms with Gasteiger partial charge in [0, 0.05) is 18.2 Å². The van der Waals surface area contributed by atoms with Crippen LogP contribution < -0.4 is 0 Å². The third kappa shape index (κ3) is 2.23. The van der Waals surface area contributed by atoms with Crippen molar-refractivity contribution in [3.63, 3.8) is 0 Å². The highest BCUT2D eigenvalue weighted by molar-refractivity contribution is 7.17. The lowest BCUT2D eigenvalue weighted by Crippen LogP contribution is -1.98. The Morgan fingerprint density at radius 1 is 1.53 bits per heavy atom. The molecule has 0 fully saturated rings. The van der Waals surface area contributed by atoms with Gasteiger partial charge in [0.1, 0.15) is 0 Å². The zero-order valence-electron chi connectivity index (χ0n) is 8.69. The highest BCUT2D eigenvalue weighted by Gasteiger charge is 2.07. The van der Waals surface area contributed by atoms with Crippen molar-refractivity contribution in [1.82, 2.24) is 4.98 Å². The standard InChI is InChI=1S/C12H13NOS/c1-2-3-4-11(14)9-7-12-10(13-8-9)5-6-15-12/h5-8H,2-4H2,1H3. The quantitative estimate of drug-likeness (QED) is 0.734. The Kier molecular flexibility index (Phi) is 3.11. The molecule has 2 rings (SSSR count). The molecule has 0 aliphatic heterocycles. The molecule has 15 heavy (non-hydrogen) atoms. The molecule has 0 amide bonds. The highest BCUT2D eigenvalue weighted by atomic mass is 32.1. The van der Waals surface area contributed by atoms with Crippen molar-refractivity contribution in [2.24, 2.45) is 0 Å². The van der Waals surface area contributed by atoms with Crippen molar-refractivity contribution >= 4 is 27.3 Å². The molecular weight excluding hydrogens is 206 g/mol. The van der Waals surface area contributed by atoms with Crippen LogP contribution in [0, 0.1) is 0 Å². The number of carbonyl (C=O) groups excluding carboxylic acids is 1. The molecule has 0 saturated carbocycles. The van der Waals surface area contributed by atoms with E-state index in [-0.39, 0.29) is 5.78 Å². The maximum atomic E-state index is 11.7. The number of nitrogens with zero attached hydrogens (tertiary/aromatic N) is 1. The van der Waals surface area contributed by atoms with E-state index in [0.717, 1.165) is 28.6 Å². The van der Waals surface area contributed by atoms with Gasteiger partial charge in [-0.1, -0.05) is 13.3 Å². The third-order valence-electron chi connectivity index (χ3n) is 2.38. The smallest absolute Gasteiger partial charge is 0.164 e. The van der Waals surface area contributed by atoms with Crippen LogP contribution in [0.4, 0.5) is 0 Å². The fourth-order valence-corrected chi connectivity index (χ4v) is 2.26. The first-order valence-corrected chi connectivity index (χ1v) is 6.05. The van der Waals surface area contributed by atoms with Crippen LogP contribution in [-0.4, -0.2) is 10.8 Å². The summed E-state index contributed by atoms with van der Waals surface area (Å²) in [5.41, 5.74) is 1.73. The van der Waals surface area contributed by atoms with Crippen molar-refractivity contribution < 1.29 is 4.79 Å². The summed E-state index contributed by atoms with van der Waals surface area (Å²) >= 11 is 1.63. The lowest BCUT2D eigenvalue weighted by molar-refractivity contribution is 0.0979. The largest absolute Gasteiger partial charge is 0.294 e. The predicted molar refractivity (Wildman–Crippen MR) is 63.5 cm³/mol. The molecule has 0 aromatic carbocycles. The summed E-state index contributed by atoms with van der Waals surface area (Å²) in [4.78, 5) is 16.0. The molecule has 0 bridgehead atoms.